The van der Waals surface area contributed by atoms with Gasteiger partial charge in [-0.05, 0) is 13.0 Å². The Morgan fingerprint density at radius 2 is 1.04 bits per heavy atom. The Bertz CT molecular complexity index is 830. The van der Waals surface area contributed by atoms with Gasteiger partial charge in [0.15, 0.2) is 7.14 Å². The van der Waals surface area contributed by atoms with Crippen LogP contribution in [-0.4, -0.2) is 0 Å². The van der Waals surface area contributed by atoms with E-state index in [9.17, 15) is 4.57 Å². The highest BCUT2D eigenvalue weighted by atomic mass is 35.7. The summed E-state index contributed by atoms with van der Waals surface area (Å²) in [7, 11) is -7.75. The molecule has 0 radical (unpaired) electrons. The van der Waals surface area contributed by atoms with E-state index in [-0.39, 0.29) is 0 Å². The van der Waals surface area contributed by atoms with Crippen molar-refractivity contribution >= 4 is 23.1 Å². The first kappa shape index (κ1) is 20.3. The highest BCUT2D eigenvalue weighted by Gasteiger charge is 2.29. The van der Waals surface area contributed by atoms with Gasteiger partial charge in [-0.2, -0.15) is 0 Å². The lowest BCUT2D eigenvalue weighted by atomic mass is 10.2. The first-order valence-corrected chi connectivity index (χ1v) is 10.6. The monoisotopic (exact) mass is 391 g/mol. The molecule has 0 bridgehead atoms. The molecule has 0 atom stereocenters. The molecule has 0 unspecified atom stereocenters. The summed E-state index contributed by atoms with van der Waals surface area (Å²) in [6.45, 7) is 2.03. The molecule has 0 spiro atoms. The fraction of sp³-hybridized carbons (Fsp3) is 0.0526. The summed E-state index contributed by atoms with van der Waals surface area (Å²) >= 11 is 0. The summed E-state index contributed by atoms with van der Waals surface area (Å²) < 4.78 is 47.9. The van der Waals surface area contributed by atoms with Crippen LogP contribution in [0.5, 0.6) is 0 Å². The molecule has 0 aliphatic carbocycles. The molecule has 3 aromatic carbocycles. The molecule has 3 aromatic rings. The van der Waals surface area contributed by atoms with Crippen LogP contribution in [0.2, 0.25) is 0 Å². The Labute approximate surface area is 154 Å². The van der Waals surface area contributed by atoms with Crippen LogP contribution in [0.15, 0.2) is 84.9 Å². The van der Waals surface area contributed by atoms with Gasteiger partial charge in [0, 0.05) is 15.9 Å². The lowest BCUT2D eigenvalue weighted by molar-refractivity contribution is -2.00. The zero-order chi connectivity index (χ0) is 19.2. The normalized spacial score (nSPS) is 11.4. The van der Waals surface area contributed by atoms with E-state index in [1.54, 1.807) is 0 Å². The molecule has 0 fully saturated rings. The second kappa shape index (κ2) is 8.60. The molecule has 0 saturated carbocycles. The average molecular weight is 392 g/mol. The summed E-state index contributed by atoms with van der Waals surface area (Å²) in [6.07, 6.45) is 0. The summed E-state index contributed by atoms with van der Waals surface area (Å²) in [6, 6.07) is 27.5. The van der Waals surface area contributed by atoms with Gasteiger partial charge in [0.05, 0.1) is 0 Å². The molecule has 0 aliphatic heterocycles. The van der Waals surface area contributed by atoms with Gasteiger partial charge >= 0.3 is 0 Å². The highest BCUT2D eigenvalue weighted by Crippen LogP contribution is 2.42. The smallest absolute Gasteiger partial charge is 0.171 e. The third kappa shape index (κ3) is 5.51. The second-order valence-corrected chi connectivity index (χ2v) is 9.02. The molecule has 5 nitrogen and oxygen atoms in total. The van der Waals surface area contributed by atoms with Gasteiger partial charge in [-0.1, -0.05) is 84.4 Å². The molecule has 0 aromatic heterocycles. The van der Waals surface area contributed by atoms with E-state index in [0.29, 0.717) is 0 Å². The predicted octanol–water partition coefficient (Wildman–Crippen LogP) is -1.12. The third-order valence-corrected chi connectivity index (χ3v) is 6.66. The Morgan fingerprint density at radius 1 is 0.654 bits per heavy atom. The van der Waals surface area contributed by atoms with Crippen molar-refractivity contribution in [3.05, 3.63) is 90.5 Å². The van der Waals surface area contributed by atoms with Crippen molar-refractivity contribution in [2.24, 2.45) is 0 Å². The lowest BCUT2D eigenvalue weighted by Gasteiger charge is -2.20. The minimum Gasteiger partial charge on any atom is -0.309 e. The molecule has 3 rings (SSSR count). The van der Waals surface area contributed by atoms with Crippen LogP contribution < -0.4 is 34.5 Å². The zero-order valence-corrected chi connectivity index (χ0v) is 15.6. The van der Waals surface area contributed by atoms with Crippen LogP contribution in [0.4, 0.5) is 0 Å². The largest absolute Gasteiger partial charge is 0.309 e. The maximum atomic E-state index is 14.0. The minimum absolute atomic E-state index is 0.877. The van der Waals surface area contributed by atoms with Crippen LogP contribution in [-0.2, 0) is 4.57 Å². The summed E-state index contributed by atoms with van der Waals surface area (Å²) in [5.41, 5.74) is 1.12. The standard InChI is InChI=1S/C19H17OP.ClHO4/c1-16-9-8-14-19(15-16)21(20,17-10-4-2-5-11-17)18-12-6-3-7-13-18;2-1(3,4)5/h2-15H,1H3;(H,2,3,4,5)/p-1. The van der Waals surface area contributed by atoms with E-state index < -0.39 is 17.4 Å². The van der Waals surface area contributed by atoms with Crippen LogP contribution >= 0.6 is 7.14 Å². The molecular weight excluding hydrogens is 375 g/mol. The Morgan fingerprint density at radius 3 is 1.42 bits per heavy atom. The number of hydrogen-bond donors (Lipinski definition) is 0. The number of rotatable bonds is 3. The molecule has 0 amide bonds. The highest BCUT2D eigenvalue weighted by molar-refractivity contribution is 7.85. The van der Waals surface area contributed by atoms with Crippen molar-refractivity contribution in [1.82, 2.24) is 0 Å². The van der Waals surface area contributed by atoms with Crippen molar-refractivity contribution in [3.63, 3.8) is 0 Å². The third-order valence-electron chi connectivity index (χ3n) is 3.60. The number of halogens is 1. The lowest BCUT2D eigenvalue weighted by Crippen LogP contribution is -2.68. The quantitative estimate of drug-likeness (QED) is 0.525. The van der Waals surface area contributed by atoms with Crippen LogP contribution in [0.3, 0.4) is 0 Å². The van der Waals surface area contributed by atoms with E-state index >= 15 is 0 Å². The molecule has 0 heterocycles. The van der Waals surface area contributed by atoms with E-state index in [2.05, 4.69) is 0 Å². The molecule has 0 aliphatic rings. The number of hydrogen-bond acceptors (Lipinski definition) is 5. The summed E-state index contributed by atoms with van der Waals surface area (Å²) in [5.74, 6) is 0. The van der Waals surface area contributed by atoms with Gasteiger partial charge in [-0.3, -0.25) is 0 Å². The fourth-order valence-electron chi connectivity index (χ4n) is 2.55. The number of aryl methyl sites for hydroxylation is 1. The van der Waals surface area contributed by atoms with Gasteiger partial charge in [-0.15, -0.1) is 10.2 Å². The van der Waals surface area contributed by atoms with Crippen molar-refractivity contribution < 1.29 is 33.4 Å². The molecule has 0 N–H and O–H groups in total. The van der Waals surface area contributed by atoms with Gasteiger partial charge in [0.1, 0.15) is 0 Å². The van der Waals surface area contributed by atoms with Gasteiger partial charge in [0.25, 0.3) is 0 Å². The van der Waals surface area contributed by atoms with Gasteiger partial charge in [0.2, 0.25) is 0 Å². The van der Waals surface area contributed by atoms with E-state index in [0.717, 1.165) is 21.5 Å². The molecule has 26 heavy (non-hydrogen) atoms. The first-order chi connectivity index (χ1) is 12.2. The molecule has 7 heteroatoms. The Balaban J connectivity index is 0.000000431. The first-order valence-electron chi connectivity index (χ1n) is 7.61. The van der Waals surface area contributed by atoms with E-state index in [4.69, 9.17) is 18.6 Å². The van der Waals surface area contributed by atoms with Crippen molar-refractivity contribution in [1.29, 1.82) is 0 Å². The zero-order valence-electron chi connectivity index (χ0n) is 13.9. The predicted molar refractivity (Wildman–Crippen MR) is 90.6 cm³/mol. The Hall–Kier alpha value is -1.98. The second-order valence-electron chi connectivity index (χ2n) is 5.50. The van der Waals surface area contributed by atoms with Crippen LogP contribution in [0.25, 0.3) is 0 Å². The van der Waals surface area contributed by atoms with Crippen LogP contribution in [0.1, 0.15) is 5.56 Å². The summed E-state index contributed by atoms with van der Waals surface area (Å²) in [5, 5.41) is 2.64. The Kier molecular flexibility index (Phi) is 6.73. The fourth-order valence-corrected chi connectivity index (χ4v) is 5.31. The molecule has 136 valence electrons. The van der Waals surface area contributed by atoms with Crippen molar-refractivity contribution in [2.75, 3.05) is 0 Å². The molecule has 0 saturated heterocycles. The summed E-state index contributed by atoms with van der Waals surface area (Å²) in [4.78, 5) is 0. The van der Waals surface area contributed by atoms with Gasteiger partial charge in [-0.25, -0.2) is 18.6 Å². The maximum absolute atomic E-state index is 14.0. The maximum Gasteiger partial charge on any atom is 0.171 e. The SMILES string of the molecule is Cc1cccc(P(=O)(c2ccccc2)c2ccccc2)c1.[O-][Cl+3]([O-])([O-])[O-]. The molecular formula is C19H17ClO5P-. The van der Waals surface area contributed by atoms with Crippen LogP contribution in [0, 0.1) is 17.2 Å². The van der Waals surface area contributed by atoms with E-state index in [1.165, 1.54) is 0 Å². The number of benzene rings is 3. The van der Waals surface area contributed by atoms with Crippen molar-refractivity contribution in [3.8, 4) is 0 Å². The average Bonchev–Trinajstić information content (AvgIpc) is 2.61. The van der Waals surface area contributed by atoms with Crippen molar-refractivity contribution in [2.45, 2.75) is 6.92 Å². The van der Waals surface area contributed by atoms with E-state index in [1.807, 2.05) is 91.9 Å². The topological polar surface area (TPSA) is 109 Å². The van der Waals surface area contributed by atoms with Gasteiger partial charge < -0.3 is 4.57 Å². The minimum atomic E-state index is -4.94.